The molecule has 4 heterocycles. The SMILES string of the molecule is Cc1cccnc1C(=O)N1CCC[C@@H]1c1cncc(-c2c(C)noc2C)n1. The van der Waals surface area contributed by atoms with Gasteiger partial charge in [0.2, 0.25) is 0 Å². The fraction of sp³-hybridized carbons (Fsp3) is 0.350. The first-order chi connectivity index (χ1) is 13.1. The second-order valence-electron chi connectivity index (χ2n) is 6.85. The molecule has 1 aliphatic rings. The fourth-order valence-electron chi connectivity index (χ4n) is 3.67. The molecule has 3 aromatic heterocycles. The van der Waals surface area contributed by atoms with Crippen molar-refractivity contribution in [1.82, 2.24) is 25.0 Å². The number of aromatic nitrogens is 4. The molecule has 3 aromatic rings. The van der Waals surface area contributed by atoms with E-state index in [1.807, 2.05) is 37.8 Å². The maximum atomic E-state index is 13.1. The van der Waals surface area contributed by atoms with Gasteiger partial charge in [0.25, 0.3) is 5.91 Å². The van der Waals surface area contributed by atoms with Crippen LogP contribution < -0.4 is 0 Å². The lowest BCUT2D eigenvalue weighted by Crippen LogP contribution is -2.32. The van der Waals surface area contributed by atoms with Crippen LogP contribution in [0.15, 0.2) is 35.2 Å². The van der Waals surface area contributed by atoms with Gasteiger partial charge in [-0.05, 0) is 45.2 Å². The van der Waals surface area contributed by atoms with E-state index in [0.717, 1.165) is 41.1 Å². The molecule has 1 atom stereocenters. The Morgan fingerprint density at radius 2 is 2.11 bits per heavy atom. The Labute approximate surface area is 157 Å². The number of rotatable bonds is 3. The van der Waals surface area contributed by atoms with Gasteiger partial charge in [-0.25, -0.2) is 4.98 Å². The second-order valence-corrected chi connectivity index (χ2v) is 6.85. The summed E-state index contributed by atoms with van der Waals surface area (Å²) in [6.07, 6.45) is 6.89. The number of pyridine rings is 1. The number of hydrogen-bond acceptors (Lipinski definition) is 6. The summed E-state index contributed by atoms with van der Waals surface area (Å²) in [4.78, 5) is 28.4. The molecule has 1 amide bonds. The highest BCUT2D eigenvalue weighted by Gasteiger charge is 2.33. The first kappa shape index (κ1) is 17.3. The van der Waals surface area contributed by atoms with E-state index in [0.29, 0.717) is 18.0 Å². The van der Waals surface area contributed by atoms with Crippen molar-refractivity contribution in [1.29, 1.82) is 0 Å². The van der Waals surface area contributed by atoms with Crippen LogP contribution in [0.25, 0.3) is 11.3 Å². The Balaban J connectivity index is 1.68. The zero-order valence-corrected chi connectivity index (χ0v) is 15.6. The molecule has 1 aliphatic heterocycles. The Bertz CT molecular complexity index is 978. The summed E-state index contributed by atoms with van der Waals surface area (Å²) in [6.45, 7) is 6.34. The molecule has 0 radical (unpaired) electrons. The Morgan fingerprint density at radius 1 is 1.26 bits per heavy atom. The van der Waals surface area contributed by atoms with E-state index < -0.39 is 0 Å². The van der Waals surface area contributed by atoms with E-state index in [-0.39, 0.29) is 11.9 Å². The van der Waals surface area contributed by atoms with Gasteiger partial charge in [0.05, 0.1) is 41.1 Å². The van der Waals surface area contributed by atoms with E-state index in [1.54, 1.807) is 18.6 Å². The molecule has 0 unspecified atom stereocenters. The third kappa shape index (κ3) is 3.09. The molecule has 7 nitrogen and oxygen atoms in total. The predicted molar refractivity (Wildman–Crippen MR) is 99.0 cm³/mol. The van der Waals surface area contributed by atoms with E-state index in [4.69, 9.17) is 9.51 Å². The van der Waals surface area contributed by atoms with Crippen LogP contribution in [0, 0.1) is 20.8 Å². The van der Waals surface area contributed by atoms with E-state index in [9.17, 15) is 4.79 Å². The number of carbonyl (C=O) groups excluding carboxylic acids is 1. The molecule has 7 heteroatoms. The zero-order chi connectivity index (χ0) is 19.0. The third-order valence-corrected chi connectivity index (χ3v) is 5.01. The van der Waals surface area contributed by atoms with Crippen molar-refractivity contribution >= 4 is 5.91 Å². The van der Waals surface area contributed by atoms with Crippen LogP contribution in [-0.2, 0) is 0 Å². The van der Waals surface area contributed by atoms with Gasteiger partial charge in [0.1, 0.15) is 11.5 Å². The summed E-state index contributed by atoms with van der Waals surface area (Å²) in [6, 6.07) is 3.64. The summed E-state index contributed by atoms with van der Waals surface area (Å²) in [7, 11) is 0. The summed E-state index contributed by atoms with van der Waals surface area (Å²) in [5, 5.41) is 4.00. The predicted octanol–water partition coefficient (Wildman–Crippen LogP) is 3.43. The standard InChI is InChI=1S/C20H21N5O2/c1-12-6-4-8-22-19(12)20(26)25-9-5-7-17(25)15-10-21-11-16(23-15)18-13(2)24-27-14(18)3/h4,6,8,10-11,17H,5,7,9H2,1-3H3/t17-/m1/s1. The summed E-state index contributed by atoms with van der Waals surface area (Å²) < 4.78 is 5.25. The lowest BCUT2D eigenvalue weighted by atomic mass is 10.1. The first-order valence-electron chi connectivity index (χ1n) is 9.04. The van der Waals surface area contributed by atoms with Crippen LogP contribution in [0.3, 0.4) is 0 Å². The highest BCUT2D eigenvalue weighted by molar-refractivity contribution is 5.94. The molecular formula is C20H21N5O2. The molecule has 0 aliphatic carbocycles. The van der Waals surface area contributed by atoms with Gasteiger partial charge in [-0.15, -0.1) is 0 Å². The molecule has 0 bridgehead atoms. The molecule has 0 aromatic carbocycles. The lowest BCUT2D eigenvalue weighted by Gasteiger charge is -2.24. The highest BCUT2D eigenvalue weighted by atomic mass is 16.5. The first-order valence-corrected chi connectivity index (χ1v) is 9.04. The third-order valence-electron chi connectivity index (χ3n) is 5.01. The van der Waals surface area contributed by atoms with Crippen LogP contribution in [0.1, 0.15) is 52.1 Å². The van der Waals surface area contributed by atoms with Crippen LogP contribution in [0.4, 0.5) is 0 Å². The second kappa shape index (κ2) is 6.90. The monoisotopic (exact) mass is 363 g/mol. The van der Waals surface area contributed by atoms with Crippen LogP contribution in [0.2, 0.25) is 0 Å². The number of aryl methyl sites for hydroxylation is 3. The molecule has 138 valence electrons. The maximum absolute atomic E-state index is 13.1. The number of hydrogen-bond donors (Lipinski definition) is 0. The van der Waals surface area contributed by atoms with Crippen LogP contribution >= 0.6 is 0 Å². The molecule has 27 heavy (non-hydrogen) atoms. The highest BCUT2D eigenvalue weighted by Crippen LogP contribution is 2.33. The van der Waals surface area contributed by atoms with Crippen molar-refractivity contribution in [2.75, 3.05) is 6.54 Å². The Morgan fingerprint density at radius 3 is 2.85 bits per heavy atom. The molecule has 0 saturated carbocycles. The molecule has 0 N–H and O–H groups in total. The maximum Gasteiger partial charge on any atom is 0.273 e. The van der Waals surface area contributed by atoms with E-state index in [2.05, 4.69) is 15.1 Å². The molecule has 1 fully saturated rings. The average molecular weight is 363 g/mol. The van der Waals surface area contributed by atoms with Gasteiger partial charge < -0.3 is 9.42 Å². The zero-order valence-electron chi connectivity index (χ0n) is 15.6. The number of carbonyl (C=O) groups is 1. The summed E-state index contributed by atoms with van der Waals surface area (Å²) in [5.41, 5.74) is 4.52. The van der Waals surface area contributed by atoms with Crippen molar-refractivity contribution in [3.05, 3.63) is 59.1 Å². The minimum atomic E-state index is -0.105. The van der Waals surface area contributed by atoms with Crippen molar-refractivity contribution in [3.63, 3.8) is 0 Å². The van der Waals surface area contributed by atoms with Gasteiger partial charge in [0, 0.05) is 12.7 Å². The van der Waals surface area contributed by atoms with Gasteiger partial charge in [0.15, 0.2) is 0 Å². The summed E-state index contributed by atoms with van der Waals surface area (Å²) >= 11 is 0. The van der Waals surface area contributed by atoms with Gasteiger partial charge >= 0.3 is 0 Å². The number of nitrogens with zero attached hydrogens (tertiary/aromatic N) is 5. The summed E-state index contributed by atoms with van der Waals surface area (Å²) in [5.74, 6) is 0.655. The molecule has 1 saturated heterocycles. The van der Waals surface area contributed by atoms with Gasteiger partial charge in [-0.2, -0.15) is 0 Å². The molecule has 4 rings (SSSR count). The number of likely N-dealkylation sites (tertiary alicyclic amines) is 1. The smallest absolute Gasteiger partial charge is 0.273 e. The molecule has 0 spiro atoms. The lowest BCUT2D eigenvalue weighted by molar-refractivity contribution is 0.0726. The van der Waals surface area contributed by atoms with Gasteiger partial charge in [-0.3, -0.25) is 14.8 Å². The van der Waals surface area contributed by atoms with Crippen molar-refractivity contribution in [2.24, 2.45) is 0 Å². The Kier molecular flexibility index (Phi) is 4.43. The van der Waals surface area contributed by atoms with Crippen LogP contribution in [-0.4, -0.2) is 37.5 Å². The van der Waals surface area contributed by atoms with Crippen molar-refractivity contribution in [3.8, 4) is 11.3 Å². The Hall–Kier alpha value is -3.09. The number of amides is 1. The van der Waals surface area contributed by atoms with Crippen molar-refractivity contribution in [2.45, 2.75) is 39.7 Å². The van der Waals surface area contributed by atoms with E-state index in [1.165, 1.54) is 0 Å². The molecular weight excluding hydrogens is 342 g/mol. The normalized spacial score (nSPS) is 16.7. The average Bonchev–Trinajstić information content (AvgIpc) is 3.28. The van der Waals surface area contributed by atoms with Crippen LogP contribution in [0.5, 0.6) is 0 Å². The quantitative estimate of drug-likeness (QED) is 0.709. The topological polar surface area (TPSA) is 85.0 Å². The largest absolute Gasteiger partial charge is 0.361 e. The fourth-order valence-corrected chi connectivity index (χ4v) is 3.67. The van der Waals surface area contributed by atoms with E-state index >= 15 is 0 Å². The van der Waals surface area contributed by atoms with Gasteiger partial charge in [-0.1, -0.05) is 11.2 Å². The minimum absolute atomic E-state index is 0.0554. The van der Waals surface area contributed by atoms with Crippen molar-refractivity contribution < 1.29 is 9.32 Å². The minimum Gasteiger partial charge on any atom is -0.361 e.